The van der Waals surface area contributed by atoms with E-state index < -0.39 is 0 Å². The van der Waals surface area contributed by atoms with E-state index in [1.165, 1.54) is 6.42 Å². The molecule has 0 bridgehead atoms. The summed E-state index contributed by atoms with van der Waals surface area (Å²) < 4.78 is 7.17. The monoisotopic (exact) mass is 443 g/mol. The number of hydrogen-bond donors (Lipinski definition) is 0. The molecule has 0 N–H and O–H groups in total. The van der Waals surface area contributed by atoms with Crippen molar-refractivity contribution in [3.8, 4) is 5.69 Å². The zero-order chi connectivity index (χ0) is 23.4. The summed E-state index contributed by atoms with van der Waals surface area (Å²) in [4.78, 5) is 31.3. The Labute approximate surface area is 194 Å². The largest absolute Gasteiger partial charge is 0.466 e. The number of ether oxygens (including phenoxy) is 1. The van der Waals surface area contributed by atoms with Gasteiger partial charge < -0.3 is 9.30 Å². The van der Waals surface area contributed by atoms with E-state index in [0.29, 0.717) is 18.8 Å². The van der Waals surface area contributed by atoms with Crippen molar-refractivity contribution in [2.45, 2.75) is 39.5 Å². The van der Waals surface area contributed by atoms with E-state index in [2.05, 4.69) is 14.3 Å². The smallest absolute Gasteiger partial charge is 0.310 e. The van der Waals surface area contributed by atoms with Crippen LogP contribution in [0.4, 0.5) is 5.69 Å². The summed E-state index contributed by atoms with van der Waals surface area (Å²) in [5, 5.41) is 0.886. The highest BCUT2D eigenvalue weighted by molar-refractivity contribution is 6.11. The van der Waals surface area contributed by atoms with Gasteiger partial charge in [-0.1, -0.05) is 30.7 Å². The second kappa shape index (κ2) is 10.0. The number of fused-ring (bicyclic) bond motifs is 1. The summed E-state index contributed by atoms with van der Waals surface area (Å²) in [6.45, 7) is 13.7. The maximum atomic E-state index is 13.5. The molecular weight excluding hydrogens is 414 g/mol. The second-order valence-corrected chi connectivity index (χ2v) is 8.52. The molecule has 1 aromatic heterocycles. The van der Waals surface area contributed by atoms with Crippen LogP contribution < -0.4 is 0 Å². The molecule has 1 aliphatic rings. The number of benzene rings is 2. The Kier molecular flexibility index (Phi) is 6.90. The highest BCUT2D eigenvalue weighted by Gasteiger charge is 2.23. The van der Waals surface area contributed by atoms with Gasteiger partial charge in [-0.25, -0.2) is 4.85 Å². The van der Waals surface area contributed by atoms with E-state index in [9.17, 15) is 9.59 Å². The van der Waals surface area contributed by atoms with Gasteiger partial charge in [0, 0.05) is 22.3 Å². The number of hydrogen-bond acceptors (Lipinski definition) is 4. The number of aromatic nitrogens is 1. The lowest BCUT2D eigenvalue weighted by molar-refractivity contribution is -0.142. The minimum absolute atomic E-state index is 0.120. The van der Waals surface area contributed by atoms with Gasteiger partial charge >= 0.3 is 5.97 Å². The van der Waals surface area contributed by atoms with Crippen LogP contribution in [-0.4, -0.2) is 47.5 Å². The molecule has 2 heterocycles. The van der Waals surface area contributed by atoms with E-state index in [4.69, 9.17) is 11.3 Å². The van der Waals surface area contributed by atoms with Crippen LogP contribution in [0.3, 0.4) is 0 Å². The molecule has 0 spiro atoms. The molecule has 0 unspecified atom stereocenters. The first-order valence-electron chi connectivity index (χ1n) is 11.5. The van der Waals surface area contributed by atoms with E-state index >= 15 is 0 Å². The molecule has 6 heteroatoms. The molecule has 0 aliphatic carbocycles. The van der Waals surface area contributed by atoms with Gasteiger partial charge in [-0.2, -0.15) is 0 Å². The molecule has 1 fully saturated rings. The average molecular weight is 444 g/mol. The van der Waals surface area contributed by atoms with Gasteiger partial charge in [0.15, 0.2) is 11.5 Å². The Morgan fingerprint density at radius 1 is 1.06 bits per heavy atom. The standard InChI is InChI=1S/C27H29N3O3/c1-4-33-26(32)17-20-8-13-23-24(16-20)30(22-11-9-21(28-3)10-12-22)19(2)27(23)25(31)18-29-14-6-5-7-15-29/h8-13,16H,4-7,14-15,17-18H2,1-2H3. The van der Waals surface area contributed by atoms with Crippen LogP contribution in [0, 0.1) is 13.5 Å². The van der Waals surface area contributed by atoms with Crippen LogP contribution >= 0.6 is 0 Å². The number of likely N-dealkylation sites (tertiary alicyclic amines) is 1. The molecule has 33 heavy (non-hydrogen) atoms. The summed E-state index contributed by atoms with van der Waals surface area (Å²) in [6.07, 6.45) is 3.69. The third-order valence-corrected chi connectivity index (χ3v) is 6.26. The number of nitrogens with zero attached hydrogens (tertiary/aromatic N) is 3. The first-order chi connectivity index (χ1) is 16.0. The van der Waals surface area contributed by atoms with E-state index in [1.54, 1.807) is 19.1 Å². The summed E-state index contributed by atoms with van der Waals surface area (Å²) in [6, 6.07) is 13.2. The van der Waals surface area contributed by atoms with Crippen molar-refractivity contribution in [3.63, 3.8) is 0 Å². The summed E-state index contributed by atoms with van der Waals surface area (Å²) >= 11 is 0. The quantitative estimate of drug-likeness (QED) is 0.284. The number of piperidine rings is 1. The zero-order valence-electron chi connectivity index (χ0n) is 19.3. The van der Waals surface area contributed by atoms with Gasteiger partial charge in [-0.3, -0.25) is 14.5 Å². The molecule has 2 aromatic carbocycles. The fourth-order valence-corrected chi connectivity index (χ4v) is 4.71. The first-order valence-corrected chi connectivity index (χ1v) is 11.5. The number of esters is 1. The molecular formula is C27H29N3O3. The predicted octanol–water partition coefficient (Wildman–Crippen LogP) is 5.26. The third-order valence-electron chi connectivity index (χ3n) is 6.26. The molecule has 0 saturated carbocycles. The van der Waals surface area contributed by atoms with Crippen molar-refractivity contribution in [2.75, 3.05) is 26.2 Å². The van der Waals surface area contributed by atoms with Crippen molar-refractivity contribution >= 4 is 28.3 Å². The van der Waals surface area contributed by atoms with Crippen molar-refractivity contribution in [1.29, 1.82) is 0 Å². The molecule has 6 nitrogen and oxygen atoms in total. The van der Waals surface area contributed by atoms with Gasteiger partial charge in [0.1, 0.15) is 0 Å². The van der Waals surface area contributed by atoms with Crippen LogP contribution in [0.1, 0.15) is 47.8 Å². The zero-order valence-corrected chi connectivity index (χ0v) is 19.3. The summed E-state index contributed by atoms with van der Waals surface area (Å²) in [7, 11) is 0. The summed E-state index contributed by atoms with van der Waals surface area (Å²) in [5.41, 5.74) is 4.77. The van der Waals surface area contributed by atoms with Crippen molar-refractivity contribution in [3.05, 3.63) is 70.7 Å². The number of ketones is 1. The molecule has 0 atom stereocenters. The van der Waals surface area contributed by atoms with Crippen LogP contribution in [0.5, 0.6) is 0 Å². The molecule has 3 aromatic rings. The molecule has 0 amide bonds. The van der Waals surface area contributed by atoms with Crippen molar-refractivity contribution in [2.24, 2.45) is 0 Å². The van der Waals surface area contributed by atoms with E-state index in [-0.39, 0.29) is 18.2 Å². The highest BCUT2D eigenvalue weighted by atomic mass is 16.5. The van der Waals surface area contributed by atoms with Crippen LogP contribution in [0.2, 0.25) is 0 Å². The topological polar surface area (TPSA) is 55.9 Å². The highest BCUT2D eigenvalue weighted by Crippen LogP contribution is 2.32. The number of carbonyl (C=O) groups is 2. The Balaban J connectivity index is 1.79. The predicted molar refractivity (Wildman–Crippen MR) is 129 cm³/mol. The maximum absolute atomic E-state index is 13.5. The molecule has 1 aliphatic heterocycles. The van der Waals surface area contributed by atoms with Crippen LogP contribution in [0.25, 0.3) is 21.4 Å². The third kappa shape index (κ3) is 4.84. The Morgan fingerprint density at radius 2 is 1.79 bits per heavy atom. The molecule has 170 valence electrons. The average Bonchev–Trinajstić information content (AvgIpc) is 3.11. The maximum Gasteiger partial charge on any atom is 0.310 e. The normalized spacial score (nSPS) is 14.2. The Bertz CT molecular complexity index is 1210. The van der Waals surface area contributed by atoms with Gasteiger partial charge in [-0.05, 0) is 63.5 Å². The Morgan fingerprint density at radius 3 is 2.45 bits per heavy atom. The van der Waals surface area contributed by atoms with E-state index in [1.807, 2.05) is 37.3 Å². The fraction of sp³-hybridized carbons (Fsp3) is 0.370. The second-order valence-electron chi connectivity index (χ2n) is 8.52. The lowest BCUT2D eigenvalue weighted by Gasteiger charge is -2.25. The van der Waals surface area contributed by atoms with E-state index in [0.717, 1.165) is 59.3 Å². The SMILES string of the molecule is [C-]#[N+]c1ccc(-n2c(C)c(C(=O)CN3CCCCC3)c3ccc(CC(=O)OCC)cc32)cc1. The van der Waals surface area contributed by atoms with Gasteiger partial charge in [0.05, 0.1) is 31.7 Å². The van der Waals surface area contributed by atoms with Gasteiger partial charge in [-0.15, -0.1) is 0 Å². The van der Waals surface area contributed by atoms with Gasteiger partial charge in [0.25, 0.3) is 0 Å². The molecule has 4 rings (SSSR count). The summed E-state index contributed by atoms with van der Waals surface area (Å²) in [5.74, 6) is -0.149. The number of carbonyl (C=O) groups excluding carboxylic acids is 2. The lowest BCUT2D eigenvalue weighted by Crippen LogP contribution is -2.34. The van der Waals surface area contributed by atoms with Crippen molar-refractivity contribution in [1.82, 2.24) is 9.47 Å². The number of Topliss-reactive ketones (excluding diaryl/α,β-unsaturated/α-hetero) is 1. The van der Waals surface area contributed by atoms with Gasteiger partial charge in [0.2, 0.25) is 0 Å². The lowest BCUT2D eigenvalue weighted by atomic mass is 10.0. The van der Waals surface area contributed by atoms with Crippen molar-refractivity contribution < 1.29 is 14.3 Å². The minimum atomic E-state index is -0.269. The van der Waals surface area contributed by atoms with Crippen LogP contribution in [0.15, 0.2) is 42.5 Å². The number of rotatable bonds is 7. The molecule has 0 radical (unpaired) electrons. The van der Waals surface area contributed by atoms with Crippen LogP contribution in [-0.2, 0) is 16.0 Å². The Hall–Kier alpha value is -3.43. The minimum Gasteiger partial charge on any atom is -0.466 e. The fourth-order valence-electron chi connectivity index (χ4n) is 4.71. The first kappa shape index (κ1) is 22.8. The molecule has 1 saturated heterocycles.